The number of sulfone groups is 1. The molecule has 1 aliphatic rings. The van der Waals surface area contributed by atoms with Crippen molar-refractivity contribution in [2.45, 2.75) is 25.3 Å². The third-order valence-corrected chi connectivity index (χ3v) is 6.75. The van der Waals surface area contributed by atoms with E-state index in [0.29, 0.717) is 12.3 Å². The number of rotatable bonds is 6. The maximum absolute atomic E-state index is 11.9. The number of hydrogen-bond acceptors (Lipinski definition) is 7. The Kier molecular flexibility index (Phi) is 5.71. The normalized spacial score (nSPS) is 21.0. The molecule has 2 heterocycles. The van der Waals surface area contributed by atoms with Crippen LogP contribution in [0.2, 0.25) is 0 Å². The Morgan fingerprint density at radius 1 is 1.55 bits per heavy atom. The van der Waals surface area contributed by atoms with Gasteiger partial charge in [0.2, 0.25) is 0 Å². The van der Waals surface area contributed by atoms with Crippen molar-refractivity contribution in [3.05, 3.63) is 11.1 Å². The number of thioether (sulfide) groups is 1. The third kappa shape index (κ3) is 4.34. The first-order valence-corrected chi connectivity index (χ1v) is 10.6. The highest BCUT2D eigenvalue weighted by atomic mass is 32.2. The molecular formula is C12H21N3O2S3. The summed E-state index contributed by atoms with van der Waals surface area (Å²) in [6.45, 7) is 4.52. The zero-order chi connectivity index (χ0) is 14.6. The second-order valence-electron chi connectivity index (χ2n) is 4.89. The van der Waals surface area contributed by atoms with Gasteiger partial charge in [0.1, 0.15) is 5.37 Å². The summed E-state index contributed by atoms with van der Waals surface area (Å²) in [5.74, 6) is 1.66. The Morgan fingerprint density at radius 2 is 2.35 bits per heavy atom. The molecule has 5 nitrogen and oxygen atoms in total. The zero-order valence-electron chi connectivity index (χ0n) is 11.8. The number of nitrogens with one attached hydrogen (secondary N) is 1. The fraction of sp³-hybridized carbons (Fsp3) is 0.750. The van der Waals surface area contributed by atoms with Gasteiger partial charge in [-0.05, 0) is 6.42 Å². The summed E-state index contributed by atoms with van der Waals surface area (Å²) in [5.41, 5.74) is 0. The van der Waals surface area contributed by atoms with Gasteiger partial charge in [-0.3, -0.25) is 4.90 Å². The molecule has 2 rings (SSSR count). The molecule has 1 aromatic rings. The molecule has 1 fully saturated rings. The largest absolute Gasteiger partial charge is 0.362 e. The van der Waals surface area contributed by atoms with Crippen LogP contribution in [0.4, 0.5) is 5.13 Å². The van der Waals surface area contributed by atoms with Crippen LogP contribution in [0.15, 0.2) is 6.20 Å². The summed E-state index contributed by atoms with van der Waals surface area (Å²) >= 11 is 3.33. The predicted octanol–water partition coefficient (Wildman–Crippen LogP) is 1.88. The summed E-state index contributed by atoms with van der Waals surface area (Å²) in [7, 11) is -3.03. The predicted molar refractivity (Wildman–Crippen MR) is 87.3 cm³/mol. The van der Waals surface area contributed by atoms with E-state index in [9.17, 15) is 8.42 Å². The van der Waals surface area contributed by atoms with Gasteiger partial charge in [-0.2, -0.15) is 11.8 Å². The van der Waals surface area contributed by atoms with Crippen LogP contribution in [0.3, 0.4) is 0 Å². The lowest BCUT2D eigenvalue weighted by atomic mass is 10.4. The van der Waals surface area contributed by atoms with Crippen molar-refractivity contribution in [2.24, 2.45) is 0 Å². The van der Waals surface area contributed by atoms with Crippen LogP contribution in [0.25, 0.3) is 0 Å². The Labute approximate surface area is 129 Å². The molecule has 0 spiro atoms. The highest BCUT2D eigenvalue weighted by molar-refractivity contribution is 8.00. The van der Waals surface area contributed by atoms with Crippen LogP contribution < -0.4 is 5.32 Å². The van der Waals surface area contributed by atoms with Crippen LogP contribution in [0.1, 0.15) is 18.2 Å². The Hall–Kier alpha value is -0.310. The van der Waals surface area contributed by atoms with Crippen molar-refractivity contribution in [1.82, 2.24) is 9.88 Å². The molecule has 1 saturated heterocycles. The molecule has 8 heteroatoms. The van der Waals surface area contributed by atoms with Gasteiger partial charge in [-0.15, -0.1) is 11.3 Å². The summed E-state index contributed by atoms with van der Waals surface area (Å²) in [6, 6.07) is 0. The molecule has 0 aromatic carbocycles. The summed E-state index contributed by atoms with van der Waals surface area (Å²) < 4.78 is 23.7. The first-order chi connectivity index (χ1) is 9.50. The Balaban J connectivity index is 2.01. The van der Waals surface area contributed by atoms with E-state index in [1.807, 2.05) is 6.20 Å². The minimum atomic E-state index is -3.03. The molecule has 0 amide bonds. The number of aromatic nitrogens is 1. The van der Waals surface area contributed by atoms with Crippen molar-refractivity contribution in [3.63, 3.8) is 0 Å². The monoisotopic (exact) mass is 335 g/mol. The van der Waals surface area contributed by atoms with Gasteiger partial charge in [-0.25, -0.2) is 13.4 Å². The zero-order valence-corrected chi connectivity index (χ0v) is 14.3. The standard InChI is InChI=1S/C12H21N3O2S3/c1-3-4-13-12-14-7-10(19-12)8-15-5-6-18-9-11(15)20(2,16)17/h7,11H,3-6,8-9H2,1-2H3,(H,13,14). The lowest BCUT2D eigenvalue weighted by molar-refractivity contribution is 0.264. The molecule has 1 atom stereocenters. The molecule has 1 unspecified atom stereocenters. The van der Waals surface area contributed by atoms with Crippen molar-refractivity contribution < 1.29 is 8.42 Å². The van der Waals surface area contributed by atoms with Gasteiger partial charge in [0, 0.05) is 48.5 Å². The van der Waals surface area contributed by atoms with E-state index in [1.165, 1.54) is 6.26 Å². The summed E-state index contributed by atoms with van der Waals surface area (Å²) in [5, 5.41) is 3.82. The molecule has 1 aliphatic heterocycles. The minimum absolute atomic E-state index is 0.365. The van der Waals surface area contributed by atoms with Gasteiger partial charge < -0.3 is 5.32 Å². The summed E-state index contributed by atoms with van der Waals surface area (Å²) in [6.07, 6.45) is 4.25. The first-order valence-electron chi connectivity index (χ1n) is 6.70. The lowest BCUT2D eigenvalue weighted by Crippen LogP contribution is -2.46. The van der Waals surface area contributed by atoms with Crippen molar-refractivity contribution >= 4 is 38.1 Å². The van der Waals surface area contributed by atoms with Gasteiger partial charge in [0.15, 0.2) is 15.0 Å². The molecule has 0 aliphatic carbocycles. The molecule has 1 N–H and O–H groups in total. The van der Waals surface area contributed by atoms with Crippen molar-refractivity contribution in [1.29, 1.82) is 0 Å². The maximum Gasteiger partial charge on any atom is 0.182 e. The second kappa shape index (κ2) is 7.11. The molecule has 0 radical (unpaired) electrons. The van der Waals surface area contributed by atoms with Crippen molar-refractivity contribution in [2.75, 3.05) is 36.2 Å². The number of hydrogen-bond donors (Lipinski definition) is 1. The van der Waals surface area contributed by atoms with Gasteiger partial charge in [0.05, 0.1) is 0 Å². The molecular weight excluding hydrogens is 314 g/mol. The molecule has 0 bridgehead atoms. The molecule has 114 valence electrons. The lowest BCUT2D eigenvalue weighted by Gasteiger charge is -2.33. The van der Waals surface area contributed by atoms with E-state index in [2.05, 4.69) is 22.1 Å². The number of nitrogens with zero attached hydrogens (tertiary/aromatic N) is 2. The highest BCUT2D eigenvalue weighted by Crippen LogP contribution is 2.25. The van der Waals surface area contributed by atoms with E-state index < -0.39 is 9.84 Å². The van der Waals surface area contributed by atoms with Crippen LogP contribution in [-0.4, -0.2) is 54.5 Å². The molecule has 1 aromatic heterocycles. The SMILES string of the molecule is CCCNc1ncc(CN2CCSCC2S(C)(=O)=O)s1. The molecule has 0 saturated carbocycles. The van der Waals surface area contributed by atoms with Gasteiger partial charge in [0.25, 0.3) is 0 Å². The van der Waals surface area contributed by atoms with Crippen LogP contribution in [-0.2, 0) is 16.4 Å². The van der Waals surface area contributed by atoms with E-state index in [1.54, 1.807) is 23.1 Å². The fourth-order valence-corrected chi connectivity index (χ4v) is 5.89. The average molecular weight is 336 g/mol. The Morgan fingerprint density at radius 3 is 3.05 bits per heavy atom. The van der Waals surface area contributed by atoms with Crippen molar-refractivity contribution in [3.8, 4) is 0 Å². The quantitative estimate of drug-likeness (QED) is 0.856. The second-order valence-corrected chi connectivity index (χ2v) is 9.36. The fourth-order valence-electron chi connectivity index (χ4n) is 2.09. The average Bonchev–Trinajstić information content (AvgIpc) is 2.83. The van der Waals surface area contributed by atoms with E-state index in [0.717, 1.165) is 35.3 Å². The van der Waals surface area contributed by atoms with Crippen LogP contribution in [0, 0.1) is 0 Å². The van der Waals surface area contributed by atoms with Crippen LogP contribution in [0.5, 0.6) is 0 Å². The van der Waals surface area contributed by atoms with Gasteiger partial charge in [-0.1, -0.05) is 6.92 Å². The minimum Gasteiger partial charge on any atom is -0.362 e. The Bertz CT molecular complexity index is 530. The van der Waals surface area contributed by atoms with Crippen LogP contribution >= 0.6 is 23.1 Å². The topological polar surface area (TPSA) is 62.3 Å². The number of thiazole rings is 1. The van der Waals surface area contributed by atoms with Gasteiger partial charge >= 0.3 is 0 Å². The maximum atomic E-state index is 11.9. The van der Waals surface area contributed by atoms with E-state index in [4.69, 9.17) is 0 Å². The smallest absolute Gasteiger partial charge is 0.182 e. The first kappa shape index (κ1) is 16.1. The molecule has 20 heavy (non-hydrogen) atoms. The summed E-state index contributed by atoms with van der Waals surface area (Å²) in [4.78, 5) is 7.51. The highest BCUT2D eigenvalue weighted by Gasteiger charge is 2.31. The third-order valence-electron chi connectivity index (χ3n) is 3.12. The van der Waals surface area contributed by atoms with E-state index >= 15 is 0 Å². The van der Waals surface area contributed by atoms with E-state index in [-0.39, 0.29) is 5.37 Å². The number of anilines is 1.